The first kappa shape index (κ1) is 9.93. The van der Waals surface area contributed by atoms with Crippen molar-refractivity contribution in [2.45, 2.75) is 6.92 Å². The standard InChI is InChI=1S/C11H8ClNO2/c1-6-2-3-7-9(4-6)13-5-8(10(7)14)11(12)15/h2-5H,1H3,(H,13,14). The normalized spacial score (nSPS) is 10.5. The highest BCUT2D eigenvalue weighted by Gasteiger charge is 2.09. The lowest BCUT2D eigenvalue weighted by molar-refractivity contribution is 0.108. The molecule has 4 heteroatoms. The molecule has 3 nitrogen and oxygen atoms in total. The second-order valence-electron chi connectivity index (χ2n) is 3.35. The maximum atomic E-state index is 11.8. The van der Waals surface area contributed by atoms with Gasteiger partial charge in [0.1, 0.15) is 0 Å². The largest absolute Gasteiger partial charge is 0.360 e. The Balaban J connectivity index is 2.86. The molecule has 0 saturated heterocycles. The van der Waals surface area contributed by atoms with Crippen molar-refractivity contribution in [2.75, 3.05) is 0 Å². The van der Waals surface area contributed by atoms with Crippen LogP contribution < -0.4 is 5.43 Å². The molecule has 0 amide bonds. The van der Waals surface area contributed by atoms with Gasteiger partial charge in [-0.15, -0.1) is 0 Å². The molecule has 15 heavy (non-hydrogen) atoms. The van der Waals surface area contributed by atoms with Crippen LogP contribution in [0.4, 0.5) is 0 Å². The summed E-state index contributed by atoms with van der Waals surface area (Å²) in [5.41, 5.74) is 1.40. The Labute approximate surface area is 90.7 Å². The molecule has 0 aliphatic carbocycles. The third-order valence-electron chi connectivity index (χ3n) is 2.25. The number of rotatable bonds is 1. The zero-order valence-electron chi connectivity index (χ0n) is 8.00. The van der Waals surface area contributed by atoms with Crippen LogP contribution in [-0.4, -0.2) is 10.2 Å². The summed E-state index contributed by atoms with van der Waals surface area (Å²) in [5.74, 6) is 0. The van der Waals surface area contributed by atoms with E-state index >= 15 is 0 Å². The van der Waals surface area contributed by atoms with Crippen LogP contribution in [0.1, 0.15) is 15.9 Å². The number of aromatic nitrogens is 1. The van der Waals surface area contributed by atoms with Gasteiger partial charge in [-0.25, -0.2) is 0 Å². The molecule has 2 aromatic rings. The van der Waals surface area contributed by atoms with Crippen LogP contribution >= 0.6 is 11.6 Å². The van der Waals surface area contributed by atoms with E-state index in [4.69, 9.17) is 11.6 Å². The number of hydrogen-bond donors (Lipinski definition) is 1. The predicted octanol–water partition coefficient (Wildman–Crippen LogP) is 2.22. The van der Waals surface area contributed by atoms with Crippen molar-refractivity contribution < 1.29 is 4.79 Å². The molecule has 0 aliphatic heterocycles. The number of H-pyrrole nitrogens is 1. The van der Waals surface area contributed by atoms with E-state index in [1.165, 1.54) is 6.20 Å². The highest BCUT2D eigenvalue weighted by molar-refractivity contribution is 6.67. The Morgan fingerprint density at radius 1 is 1.40 bits per heavy atom. The van der Waals surface area contributed by atoms with E-state index in [0.29, 0.717) is 10.9 Å². The van der Waals surface area contributed by atoms with Crippen molar-refractivity contribution in [1.29, 1.82) is 0 Å². The lowest BCUT2D eigenvalue weighted by Crippen LogP contribution is -2.12. The van der Waals surface area contributed by atoms with Crippen LogP contribution in [0.15, 0.2) is 29.2 Å². The molecular weight excluding hydrogens is 214 g/mol. The van der Waals surface area contributed by atoms with Crippen LogP contribution in [0, 0.1) is 6.92 Å². The first-order chi connectivity index (χ1) is 7.09. The van der Waals surface area contributed by atoms with Gasteiger partial charge in [0, 0.05) is 17.1 Å². The number of aromatic amines is 1. The monoisotopic (exact) mass is 221 g/mol. The third-order valence-corrected chi connectivity index (χ3v) is 2.45. The second kappa shape index (κ2) is 3.51. The first-order valence-electron chi connectivity index (χ1n) is 4.41. The van der Waals surface area contributed by atoms with Crippen molar-refractivity contribution in [3.63, 3.8) is 0 Å². The molecule has 76 valence electrons. The molecule has 1 N–H and O–H groups in total. The summed E-state index contributed by atoms with van der Waals surface area (Å²) in [6, 6.07) is 5.35. The SMILES string of the molecule is Cc1ccc2c(=O)c(C(=O)Cl)c[nH]c2c1. The van der Waals surface area contributed by atoms with E-state index in [0.717, 1.165) is 5.56 Å². The summed E-state index contributed by atoms with van der Waals surface area (Å²) < 4.78 is 0. The molecule has 0 aliphatic rings. The van der Waals surface area contributed by atoms with Gasteiger partial charge in [-0.05, 0) is 36.2 Å². The zero-order chi connectivity index (χ0) is 11.0. The number of halogens is 1. The minimum atomic E-state index is -0.737. The molecule has 0 unspecified atom stereocenters. The molecule has 1 heterocycles. The fourth-order valence-electron chi connectivity index (χ4n) is 1.48. The van der Waals surface area contributed by atoms with Gasteiger partial charge in [0.25, 0.3) is 5.24 Å². The Hall–Kier alpha value is -1.61. The predicted molar refractivity (Wildman–Crippen MR) is 59.5 cm³/mol. The summed E-state index contributed by atoms with van der Waals surface area (Å²) >= 11 is 5.28. The maximum Gasteiger partial charge on any atom is 0.257 e. The summed E-state index contributed by atoms with van der Waals surface area (Å²) in [5, 5.41) is -0.258. The summed E-state index contributed by atoms with van der Waals surface area (Å²) in [4.78, 5) is 25.6. The van der Waals surface area contributed by atoms with Crippen LogP contribution in [0.25, 0.3) is 10.9 Å². The average Bonchev–Trinajstić information content (AvgIpc) is 2.17. The molecular formula is C11H8ClNO2. The molecule has 0 atom stereocenters. The maximum absolute atomic E-state index is 11.8. The third kappa shape index (κ3) is 1.66. The van der Waals surface area contributed by atoms with Gasteiger partial charge in [-0.1, -0.05) is 6.07 Å². The molecule has 1 aromatic heterocycles. The number of pyridine rings is 1. The fourth-order valence-corrected chi connectivity index (χ4v) is 1.62. The van der Waals surface area contributed by atoms with Crippen molar-refractivity contribution >= 4 is 27.7 Å². The summed E-state index contributed by atoms with van der Waals surface area (Å²) in [7, 11) is 0. The van der Waals surface area contributed by atoms with E-state index in [2.05, 4.69) is 4.98 Å². The van der Waals surface area contributed by atoms with Crippen molar-refractivity contribution in [2.24, 2.45) is 0 Å². The van der Waals surface area contributed by atoms with E-state index in [1.807, 2.05) is 19.1 Å². The molecule has 1 aromatic carbocycles. The number of hydrogen-bond acceptors (Lipinski definition) is 2. The Morgan fingerprint density at radius 2 is 2.13 bits per heavy atom. The lowest BCUT2D eigenvalue weighted by atomic mass is 10.1. The highest BCUT2D eigenvalue weighted by Crippen LogP contribution is 2.11. The number of nitrogens with one attached hydrogen (secondary N) is 1. The minimum Gasteiger partial charge on any atom is -0.360 e. The number of benzene rings is 1. The molecule has 0 radical (unpaired) electrons. The van der Waals surface area contributed by atoms with Crippen molar-refractivity contribution in [1.82, 2.24) is 4.98 Å². The van der Waals surface area contributed by atoms with E-state index in [-0.39, 0.29) is 11.0 Å². The van der Waals surface area contributed by atoms with Gasteiger partial charge in [-0.3, -0.25) is 9.59 Å². The zero-order valence-corrected chi connectivity index (χ0v) is 8.76. The Bertz CT molecular complexity index is 601. The summed E-state index contributed by atoms with van der Waals surface area (Å²) in [6.45, 7) is 1.93. The van der Waals surface area contributed by atoms with Gasteiger partial charge in [-0.2, -0.15) is 0 Å². The number of carbonyl (C=O) groups is 1. The fraction of sp³-hybridized carbons (Fsp3) is 0.0909. The van der Waals surface area contributed by atoms with Gasteiger partial charge in [0.15, 0.2) is 0 Å². The van der Waals surface area contributed by atoms with Gasteiger partial charge >= 0.3 is 0 Å². The van der Waals surface area contributed by atoms with Gasteiger partial charge in [0.05, 0.1) is 5.56 Å². The molecule has 0 fully saturated rings. The number of carbonyl (C=O) groups excluding carboxylic acids is 1. The topological polar surface area (TPSA) is 49.9 Å². The van der Waals surface area contributed by atoms with E-state index in [9.17, 15) is 9.59 Å². The van der Waals surface area contributed by atoms with Crippen LogP contribution in [0.2, 0.25) is 0 Å². The molecule has 0 saturated carbocycles. The molecule has 2 rings (SSSR count). The Morgan fingerprint density at radius 3 is 2.80 bits per heavy atom. The van der Waals surface area contributed by atoms with E-state index < -0.39 is 5.24 Å². The number of fused-ring (bicyclic) bond motifs is 1. The highest BCUT2D eigenvalue weighted by atomic mass is 35.5. The van der Waals surface area contributed by atoms with E-state index in [1.54, 1.807) is 6.07 Å². The minimum absolute atomic E-state index is 0.0204. The quantitative estimate of drug-likeness (QED) is 0.751. The van der Waals surface area contributed by atoms with Crippen LogP contribution in [0.5, 0.6) is 0 Å². The lowest BCUT2D eigenvalue weighted by Gasteiger charge is -2.00. The Kier molecular flexibility index (Phi) is 2.32. The smallest absolute Gasteiger partial charge is 0.257 e. The number of aryl methyl sites for hydroxylation is 1. The van der Waals surface area contributed by atoms with Gasteiger partial charge < -0.3 is 4.98 Å². The first-order valence-corrected chi connectivity index (χ1v) is 4.79. The van der Waals surface area contributed by atoms with Gasteiger partial charge in [0.2, 0.25) is 5.43 Å². The van der Waals surface area contributed by atoms with Crippen molar-refractivity contribution in [3.05, 3.63) is 45.7 Å². The van der Waals surface area contributed by atoms with Crippen LogP contribution in [0.3, 0.4) is 0 Å². The van der Waals surface area contributed by atoms with Crippen LogP contribution in [-0.2, 0) is 0 Å². The molecule has 0 bridgehead atoms. The average molecular weight is 222 g/mol. The summed E-state index contributed by atoms with van der Waals surface area (Å²) in [6.07, 6.45) is 1.35. The van der Waals surface area contributed by atoms with Crippen molar-refractivity contribution in [3.8, 4) is 0 Å². The second-order valence-corrected chi connectivity index (χ2v) is 3.70. The molecule has 0 spiro atoms.